The summed E-state index contributed by atoms with van der Waals surface area (Å²) in [4.78, 5) is 10.8. The highest BCUT2D eigenvalue weighted by Gasteiger charge is 2.19. The second kappa shape index (κ2) is 4.89. The number of hydrogen-bond acceptors (Lipinski definition) is 3. The summed E-state index contributed by atoms with van der Waals surface area (Å²) in [5.74, 6) is -0.219. The van der Waals surface area contributed by atoms with Crippen molar-refractivity contribution in [3.05, 3.63) is 35.4 Å². The van der Waals surface area contributed by atoms with Gasteiger partial charge in [-0.1, -0.05) is 24.3 Å². The van der Waals surface area contributed by atoms with Gasteiger partial charge in [0, 0.05) is 5.75 Å². The van der Waals surface area contributed by atoms with Crippen LogP contribution in [0.1, 0.15) is 29.4 Å². The van der Waals surface area contributed by atoms with E-state index in [1.54, 1.807) is 18.7 Å². The lowest BCUT2D eigenvalue weighted by atomic mass is 10.0. The van der Waals surface area contributed by atoms with Gasteiger partial charge in [0.1, 0.15) is 5.44 Å². The Kier molecular flexibility index (Phi) is 3.51. The van der Waals surface area contributed by atoms with Crippen LogP contribution < -0.4 is 0 Å². The highest BCUT2D eigenvalue weighted by molar-refractivity contribution is 7.99. The average Bonchev–Trinajstić information content (AvgIpc) is 2.81. The first kappa shape index (κ1) is 11.5. The van der Waals surface area contributed by atoms with Crippen molar-refractivity contribution in [1.82, 2.24) is 0 Å². The van der Waals surface area contributed by atoms with Crippen molar-refractivity contribution >= 4 is 17.7 Å². The smallest absolute Gasteiger partial charge is 0.310 e. The molecule has 1 heterocycles. The van der Waals surface area contributed by atoms with Gasteiger partial charge >= 0.3 is 5.97 Å². The molecule has 0 aromatic heterocycles. The van der Waals surface area contributed by atoms with Crippen LogP contribution in [0.3, 0.4) is 0 Å². The highest BCUT2D eigenvalue weighted by atomic mass is 32.2. The Labute approximate surface area is 98.8 Å². The normalized spacial score (nSPS) is 21.9. The molecule has 0 aliphatic carbocycles. The number of carboxylic acid groups (broad SMARTS) is 1. The summed E-state index contributed by atoms with van der Waals surface area (Å²) < 4.78 is 5.53. The zero-order chi connectivity index (χ0) is 11.5. The zero-order valence-corrected chi connectivity index (χ0v) is 9.87. The van der Waals surface area contributed by atoms with Gasteiger partial charge < -0.3 is 9.84 Å². The third-order valence-corrected chi connectivity index (χ3v) is 3.81. The van der Waals surface area contributed by atoms with Gasteiger partial charge in [-0.15, -0.1) is 11.8 Å². The van der Waals surface area contributed by atoms with E-state index in [4.69, 9.17) is 9.84 Å². The largest absolute Gasteiger partial charge is 0.481 e. The van der Waals surface area contributed by atoms with E-state index in [2.05, 4.69) is 0 Å². The van der Waals surface area contributed by atoms with E-state index >= 15 is 0 Å². The molecular weight excluding hydrogens is 224 g/mol. The predicted octanol–water partition coefficient (Wildman–Crippen LogP) is 2.64. The van der Waals surface area contributed by atoms with Crippen molar-refractivity contribution in [2.45, 2.75) is 18.3 Å². The molecule has 4 heteroatoms. The van der Waals surface area contributed by atoms with Gasteiger partial charge in [-0.2, -0.15) is 0 Å². The third-order valence-electron chi connectivity index (χ3n) is 2.70. The Hall–Kier alpha value is -1.00. The molecule has 0 radical (unpaired) electrons. The fourth-order valence-electron chi connectivity index (χ4n) is 1.64. The predicted molar refractivity (Wildman–Crippen MR) is 63.6 cm³/mol. The molecule has 16 heavy (non-hydrogen) atoms. The van der Waals surface area contributed by atoms with Crippen molar-refractivity contribution in [3.8, 4) is 0 Å². The van der Waals surface area contributed by atoms with Crippen molar-refractivity contribution < 1.29 is 14.6 Å². The summed E-state index contributed by atoms with van der Waals surface area (Å²) in [7, 11) is 0. The molecule has 2 rings (SSSR count). The SMILES string of the molecule is CC(C(=O)O)c1ccc(C2OCCS2)cc1. The lowest BCUT2D eigenvalue weighted by molar-refractivity contribution is -0.138. The van der Waals surface area contributed by atoms with Gasteiger partial charge in [-0.05, 0) is 18.1 Å². The van der Waals surface area contributed by atoms with Gasteiger partial charge in [0.15, 0.2) is 0 Å². The van der Waals surface area contributed by atoms with Crippen molar-refractivity contribution in [2.75, 3.05) is 12.4 Å². The number of ether oxygens (including phenoxy) is 1. The molecule has 86 valence electrons. The number of thioether (sulfide) groups is 1. The van der Waals surface area contributed by atoms with Crippen LogP contribution in [0.2, 0.25) is 0 Å². The van der Waals surface area contributed by atoms with Crippen LogP contribution in [-0.2, 0) is 9.53 Å². The molecule has 3 nitrogen and oxygen atoms in total. The van der Waals surface area contributed by atoms with Gasteiger partial charge in [-0.25, -0.2) is 0 Å². The van der Waals surface area contributed by atoms with Crippen LogP contribution in [0.15, 0.2) is 24.3 Å². The van der Waals surface area contributed by atoms with Crippen molar-refractivity contribution in [2.24, 2.45) is 0 Å². The van der Waals surface area contributed by atoms with Crippen LogP contribution in [0.4, 0.5) is 0 Å². The van der Waals surface area contributed by atoms with E-state index in [9.17, 15) is 4.79 Å². The molecule has 0 spiro atoms. The van der Waals surface area contributed by atoms with Gasteiger partial charge in [-0.3, -0.25) is 4.79 Å². The molecule has 0 amide bonds. The lowest BCUT2D eigenvalue weighted by Gasteiger charge is -2.11. The van der Waals surface area contributed by atoms with Crippen LogP contribution in [0, 0.1) is 0 Å². The molecule has 1 aromatic carbocycles. The van der Waals surface area contributed by atoms with E-state index in [0.29, 0.717) is 0 Å². The molecule has 0 saturated carbocycles. The van der Waals surface area contributed by atoms with Crippen LogP contribution in [0.25, 0.3) is 0 Å². The van der Waals surface area contributed by atoms with Gasteiger partial charge in [0.2, 0.25) is 0 Å². The Balaban J connectivity index is 2.12. The maximum absolute atomic E-state index is 10.8. The molecule has 2 unspecified atom stereocenters. The quantitative estimate of drug-likeness (QED) is 0.879. The standard InChI is InChI=1S/C12H14O3S/c1-8(11(13)14)9-2-4-10(5-3-9)12-15-6-7-16-12/h2-5,8,12H,6-7H2,1H3,(H,13,14). The number of hydrogen-bond donors (Lipinski definition) is 1. The van der Waals surface area contributed by atoms with E-state index < -0.39 is 11.9 Å². The summed E-state index contributed by atoms with van der Waals surface area (Å²) in [5, 5.41) is 8.89. The average molecular weight is 238 g/mol. The Morgan fingerprint density at radius 1 is 1.50 bits per heavy atom. The maximum Gasteiger partial charge on any atom is 0.310 e. The second-order valence-electron chi connectivity index (χ2n) is 3.80. The fraction of sp³-hybridized carbons (Fsp3) is 0.417. The molecule has 1 N–H and O–H groups in total. The van der Waals surface area contributed by atoms with E-state index in [0.717, 1.165) is 23.5 Å². The monoisotopic (exact) mass is 238 g/mol. The van der Waals surface area contributed by atoms with E-state index in [1.807, 2.05) is 24.3 Å². The number of rotatable bonds is 3. The van der Waals surface area contributed by atoms with Crippen molar-refractivity contribution in [3.63, 3.8) is 0 Å². The Morgan fingerprint density at radius 3 is 2.69 bits per heavy atom. The minimum Gasteiger partial charge on any atom is -0.481 e. The van der Waals surface area contributed by atoms with Crippen LogP contribution in [0.5, 0.6) is 0 Å². The van der Waals surface area contributed by atoms with Crippen molar-refractivity contribution in [1.29, 1.82) is 0 Å². The first-order valence-corrected chi connectivity index (χ1v) is 6.29. The summed E-state index contributed by atoms with van der Waals surface area (Å²) >= 11 is 1.78. The van der Waals surface area contributed by atoms with E-state index in [-0.39, 0.29) is 5.44 Å². The first-order chi connectivity index (χ1) is 7.68. The summed E-state index contributed by atoms with van der Waals surface area (Å²) in [5.41, 5.74) is 2.07. The van der Waals surface area contributed by atoms with Crippen LogP contribution >= 0.6 is 11.8 Å². The van der Waals surface area contributed by atoms with Gasteiger partial charge in [0.25, 0.3) is 0 Å². The molecule has 1 aromatic rings. The number of aliphatic carboxylic acids is 1. The number of carbonyl (C=O) groups is 1. The minimum absolute atomic E-state index is 0.120. The Morgan fingerprint density at radius 2 is 2.19 bits per heavy atom. The summed E-state index contributed by atoms with van der Waals surface area (Å²) in [6, 6.07) is 7.66. The lowest BCUT2D eigenvalue weighted by Crippen LogP contribution is -2.07. The molecule has 1 aliphatic heterocycles. The summed E-state index contributed by atoms with van der Waals surface area (Å²) in [6.45, 7) is 2.49. The zero-order valence-electron chi connectivity index (χ0n) is 9.05. The third kappa shape index (κ3) is 2.39. The molecule has 2 atom stereocenters. The Bertz CT molecular complexity index is 368. The molecule has 0 bridgehead atoms. The molecule has 1 fully saturated rings. The minimum atomic E-state index is -0.792. The number of carboxylic acids is 1. The van der Waals surface area contributed by atoms with Gasteiger partial charge in [0.05, 0.1) is 12.5 Å². The number of benzene rings is 1. The van der Waals surface area contributed by atoms with E-state index in [1.165, 1.54) is 0 Å². The second-order valence-corrected chi connectivity index (χ2v) is 4.97. The molecular formula is C12H14O3S. The maximum atomic E-state index is 10.8. The molecule has 1 aliphatic rings. The topological polar surface area (TPSA) is 46.5 Å². The van der Waals surface area contributed by atoms with Crippen LogP contribution in [-0.4, -0.2) is 23.4 Å². The first-order valence-electron chi connectivity index (χ1n) is 5.24. The summed E-state index contributed by atoms with van der Waals surface area (Å²) in [6.07, 6.45) is 0. The fourth-order valence-corrected chi connectivity index (χ4v) is 2.58. The molecule has 1 saturated heterocycles. The highest BCUT2D eigenvalue weighted by Crippen LogP contribution is 2.35.